The van der Waals surface area contributed by atoms with E-state index in [0.717, 1.165) is 6.07 Å². The number of hydrogen-bond donors (Lipinski definition) is 1. The fourth-order valence-electron chi connectivity index (χ4n) is 1.75. The summed E-state index contributed by atoms with van der Waals surface area (Å²) < 4.78 is 30.8. The molecule has 6 heteroatoms. The zero-order valence-electron chi connectivity index (χ0n) is 9.03. The molecule has 0 bridgehead atoms. The predicted molar refractivity (Wildman–Crippen MR) is 56.1 cm³/mol. The van der Waals surface area contributed by atoms with Crippen molar-refractivity contribution in [2.45, 2.75) is 12.6 Å². The van der Waals surface area contributed by atoms with Crippen LogP contribution in [0.2, 0.25) is 0 Å². The van der Waals surface area contributed by atoms with Crippen LogP contribution in [-0.2, 0) is 11.3 Å². The minimum absolute atomic E-state index is 0.115. The van der Waals surface area contributed by atoms with Crippen LogP contribution in [0, 0.1) is 11.6 Å². The molecule has 2 N–H and O–H groups in total. The highest BCUT2D eigenvalue weighted by Crippen LogP contribution is 2.16. The molecule has 1 amide bonds. The summed E-state index contributed by atoms with van der Waals surface area (Å²) in [4.78, 5) is 12.7. The zero-order chi connectivity index (χ0) is 12.4. The number of nitrogens with two attached hydrogens (primary N) is 1. The topological polar surface area (TPSA) is 55.6 Å². The fraction of sp³-hybridized carbons (Fsp3) is 0.364. The number of nitrogens with zero attached hydrogens (tertiary/aromatic N) is 1. The first-order valence-corrected chi connectivity index (χ1v) is 5.19. The van der Waals surface area contributed by atoms with Gasteiger partial charge in [0.05, 0.1) is 6.54 Å². The van der Waals surface area contributed by atoms with Gasteiger partial charge in [0.2, 0.25) is 0 Å². The van der Waals surface area contributed by atoms with Gasteiger partial charge in [0.25, 0.3) is 0 Å². The van der Waals surface area contributed by atoms with Gasteiger partial charge in [0.15, 0.2) is 0 Å². The van der Waals surface area contributed by atoms with E-state index in [0.29, 0.717) is 12.1 Å². The summed E-state index contributed by atoms with van der Waals surface area (Å²) in [6, 6.07) is 3.16. The molecule has 1 fully saturated rings. The van der Waals surface area contributed by atoms with Crippen LogP contribution in [0.25, 0.3) is 0 Å². The lowest BCUT2D eigenvalue weighted by Crippen LogP contribution is -2.27. The summed E-state index contributed by atoms with van der Waals surface area (Å²) in [7, 11) is 0. The van der Waals surface area contributed by atoms with Crippen LogP contribution in [0.15, 0.2) is 18.2 Å². The highest BCUT2D eigenvalue weighted by molar-refractivity contribution is 5.69. The Hall–Kier alpha value is -1.69. The second kappa shape index (κ2) is 4.67. The molecule has 2 rings (SSSR count). The smallest absolute Gasteiger partial charge is 0.410 e. The van der Waals surface area contributed by atoms with Gasteiger partial charge in [-0.25, -0.2) is 13.6 Å². The number of carbonyl (C=O) groups excluding carboxylic acids is 1. The van der Waals surface area contributed by atoms with Gasteiger partial charge >= 0.3 is 6.09 Å². The first kappa shape index (κ1) is 11.8. The van der Waals surface area contributed by atoms with Gasteiger partial charge in [-0.2, -0.15) is 0 Å². The number of rotatable bonds is 3. The van der Waals surface area contributed by atoms with Crippen LogP contribution in [-0.4, -0.2) is 30.2 Å². The summed E-state index contributed by atoms with van der Waals surface area (Å²) in [6.45, 7) is 0.692. The first-order chi connectivity index (χ1) is 8.08. The second-order valence-corrected chi connectivity index (χ2v) is 3.90. The minimum atomic E-state index is -0.664. The van der Waals surface area contributed by atoms with E-state index in [9.17, 15) is 13.6 Å². The largest absolute Gasteiger partial charge is 0.443 e. The number of carbonyl (C=O) groups is 1. The number of benzene rings is 1. The van der Waals surface area contributed by atoms with Crippen molar-refractivity contribution in [3.8, 4) is 0 Å². The molecule has 4 nitrogen and oxygen atoms in total. The van der Waals surface area contributed by atoms with E-state index in [2.05, 4.69) is 0 Å². The molecule has 0 aromatic heterocycles. The molecule has 1 saturated heterocycles. The highest BCUT2D eigenvalue weighted by Gasteiger charge is 2.30. The van der Waals surface area contributed by atoms with E-state index in [4.69, 9.17) is 10.5 Å². The monoisotopic (exact) mass is 242 g/mol. The SMILES string of the molecule is NCC1CN(Cc2cc(F)cc(F)c2)C(=O)O1. The standard InChI is InChI=1S/C11H12F2N2O2/c12-8-1-7(2-9(13)3-8)5-15-6-10(4-14)17-11(15)16/h1-3,10H,4-6,14H2. The maximum Gasteiger partial charge on any atom is 0.410 e. The van der Waals surface area contributed by atoms with Crippen LogP contribution in [0.1, 0.15) is 5.56 Å². The van der Waals surface area contributed by atoms with Gasteiger partial charge in [0, 0.05) is 19.2 Å². The van der Waals surface area contributed by atoms with E-state index >= 15 is 0 Å². The Labute approximate surface area is 97.0 Å². The molecule has 0 saturated carbocycles. The third kappa shape index (κ3) is 2.71. The van der Waals surface area contributed by atoms with Gasteiger partial charge in [-0.1, -0.05) is 0 Å². The number of hydrogen-bond acceptors (Lipinski definition) is 3. The number of cyclic esters (lactones) is 1. The van der Waals surface area contributed by atoms with Crippen molar-refractivity contribution in [1.29, 1.82) is 0 Å². The van der Waals surface area contributed by atoms with Crippen LogP contribution in [0.4, 0.5) is 13.6 Å². The Balaban J connectivity index is 2.08. The van der Waals surface area contributed by atoms with Crippen LogP contribution in [0.5, 0.6) is 0 Å². The molecule has 1 aromatic rings. The number of ether oxygens (including phenoxy) is 1. The molecular weight excluding hydrogens is 230 g/mol. The second-order valence-electron chi connectivity index (χ2n) is 3.90. The lowest BCUT2D eigenvalue weighted by Gasteiger charge is -2.12. The van der Waals surface area contributed by atoms with E-state index < -0.39 is 17.7 Å². The van der Waals surface area contributed by atoms with E-state index in [1.807, 2.05) is 0 Å². The van der Waals surface area contributed by atoms with E-state index in [1.54, 1.807) is 0 Å². The molecule has 0 spiro atoms. The maximum atomic E-state index is 12.9. The van der Waals surface area contributed by atoms with Crippen LogP contribution in [0.3, 0.4) is 0 Å². The van der Waals surface area contributed by atoms with Crippen molar-refractivity contribution >= 4 is 6.09 Å². The average Bonchev–Trinajstić information content (AvgIpc) is 2.58. The molecule has 17 heavy (non-hydrogen) atoms. The van der Waals surface area contributed by atoms with Gasteiger partial charge in [0.1, 0.15) is 17.7 Å². The van der Waals surface area contributed by atoms with Gasteiger partial charge in [-0.05, 0) is 17.7 Å². The van der Waals surface area contributed by atoms with Gasteiger partial charge in [-0.3, -0.25) is 0 Å². The van der Waals surface area contributed by atoms with Crippen molar-refractivity contribution in [1.82, 2.24) is 4.90 Å². The third-order valence-corrected chi connectivity index (χ3v) is 2.51. The van der Waals surface area contributed by atoms with E-state index in [1.165, 1.54) is 17.0 Å². The van der Waals surface area contributed by atoms with Crippen molar-refractivity contribution in [2.75, 3.05) is 13.1 Å². The average molecular weight is 242 g/mol. The molecule has 1 unspecified atom stereocenters. The lowest BCUT2D eigenvalue weighted by atomic mass is 10.2. The van der Waals surface area contributed by atoms with Crippen LogP contribution >= 0.6 is 0 Å². The quantitative estimate of drug-likeness (QED) is 0.867. The summed E-state index contributed by atoms with van der Waals surface area (Å²) in [6.07, 6.45) is -0.856. The van der Waals surface area contributed by atoms with Crippen molar-refractivity contribution < 1.29 is 18.3 Å². The Kier molecular flexibility index (Phi) is 3.23. The summed E-state index contributed by atoms with van der Waals surface area (Å²) in [5.74, 6) is -1.33. The molecule has 1 atom stereocenters. The summed E-state index contributed by atoms with van der Waals surface area (Å²) in [5, 5.41) is 0. The Morgan fingerprint density at radius 1 is 1.35 bits per heavy atom. The Bertz CT molecular complexity index is 419. The molecule has 0 aliphatic carbocycles. The third-order valence-electron chi connectivity index (χ3n) is 2.51. The maximum absolute atomic E-state index is 12.9. The molecule has 92 valence electrons. The molecule has 0 radical (unpaired) electrons. The van der Waals surface area contributed by atoms with Gasteiger partial charge < -0.3 is 15.4 Å². The lowest BCUT2D eigenvalue weighted by molar-refractivity contribution is 0.134. The minimum Gasteiger partial charge on any atom is -0.443 e. The highest BCUT2D eigenvalue weighted by atomic mass is 19.1. The van der Waals surface area contributed by atoms with Gasteiger partial charge in [-0.15, -0.1) is 0 Å². The molecule has 1 aliphatic rings. The van der Waals surface area contributed by atoms with Crippen molar-refractivity contribution in [2.24, 2.45) is 5.73 Å². The summed E-state index contributed by atoms with van der Waals surface area (Å²) >= 11 is 0. The summed E-state index contributed by atoms with van der Waals surface area (Å²) in [5.41, 5.74) is 5.76. The van der Waals surface area contributed by atoms with Crippen molar-refractivity contribution in [3.63, 3.8) is 0 Å². The zero-order valence-corrected chi connectivity index (χ0v) is 9.03. The normalized spacial score (nSPS) is 19.6. The van der Waals surface area contributed by atoms with Crippen LogP contribution < -0.4 is 5.73 Å². The number of amides is 1. The molecule has 1 aliphatic heterocycles. The molecule has 1 heterocycles. The Morgan fingerprint density at radius 2 is 2.00 bits per heavy atom. The predicted octanol–water partition coefficient (Wildman–Crippen LogP) is 1.24. The van der Waals surface area contributed by atoms with E-state index in [-0.39, 0.29) is 19.2 Å². The fourth-order valence-corrected chi connectivity index (χ4v) is 1.75. The molecular formula is C11H12F2N2O2. The molecule has 1 aromatic carbocycles. The first-order valence-electron chi connectivity index (χ1n) is 5.19. The Morgan fingerprint density at radius 3 is 2.53 bits per heavy atom. The number of halogens is 2. The van der Waals surface area contributed by atoms with Crippen molar-refractivity contribution in [3.05, 3.63) is 35.4 Å².